The monoisotopic (exact) mass is 430 g/mol. The quantitative estimate of drug-likeness (QED) is 0.455. The van der Waals surface area contributed by atoms with E-state index >= 15 is 0 Å². The molecule has 0 aliphatic rings. The van der Waals surface area contributed by atoms with Gasteiger partial charge in [0.2, 0.25) is 0 Å². The lowest BCUT2D eigenvalue weighted by Crippen LogP contribution is -2.24. The molecule has 5 aromatic rings. The van der Waals surface area contributed by atoms with E-state index in [1.54, 1.807) is 35.9 Å². The summed E-state index contributed by atoms with van der Waals surface area (Å²) in [7, 11) is 0. The second-order valence-electron chi connectivity index (χ2n) is 7.24. The largest absolute Gasteiger partial charge is 0.508 e. The first-order valence-corrected chi connectivity index (χ1v) is 10.5. The first-order chi connectivity index (χ1) is 15.0. The predicted molar refractivity (Wildman–Crippen MR) is 121 cm³/mol. The van der Waals surface area contributed by atoms with E-state index in [4.69, 9.17) is 0 Å². The summed E-state index contributed by atoms with van der Waals surface area (Å²) in [6.45, 7) is 2.10. The molecule has 0 aliphatic heterocycles. The standard InChI is InChI=1S/C23H18N4O3S/c1-14-25-27(23(30)26(14)13-15-3-2-4-18(28)11-15)17-7-5-16(6-8-17)20-12-24-22(29)19-9-10-31-21(19)20/h2-12,28H,13H2,1H3,(H,24,29). The number of hydrogen-bond acceptors (Lipinski definition) is 5. The van der Waals surface area contributed by atoms with E-state index in [1.807, 2.05) is 41.8 Å². The molecular formula is C23H18N4O3S. The highest BCUT2D eigenvalue weighted by Gasteiger charge is 2.13. The third-order valence-corrected chi connectivity index (χ3v) is 6.17. The van der Waals surface area contributed by atoms with Crippen molar-refractivity contribution >= 4 is 21.4 Å². The van der Waals surface area contributed by atoms with Crippen molar-refractivity contribution in [2.45, 2.75) is 13.5 Å². The van der Waals surface area contributed by atoms with Crippen LogP contribution >= 0.6 is 11.3 Å². The minimum atomic E-state index is -0.252. The van der Waals surface area contributed by atoms with Gasteiger partial charge in [-0.2, -0.15) is 9.78 Å². The number of H-pyrrole nitrogens is 1. The van der Waals surface area contributed by atoms with Crippen molar-refractivity contribution in [2.24, 2.45) is 0 Å². The number of aryl methyl sites for hydroxylation is 1. The summed E-state index contributed by atoms with van der Waals surface area (Å²) in [5.41, 5.74) is 3.00. The van der Waals surface area contributed by atoms with Crippen molar-refractivity contribution in [3.63, 3.8) is 0 Å². The maximum Gasteiger partial charge on any atom is 0.351 e. The van der Waals surface area contributed by atoms with Gasteiger partial charge in [0.25, 0.3) is 5.56 Å². The van der Waals surface area contributed by atoms with Crippen LogP contribution in [0.15, 0.2) is 75.8 Å². The Labute approximate surface area is 180 Å². The molecule has 0 saturated heterocycles. The van der Waals surface area contributed by atoms with Gasteiger partial charge < -0.3 is 10.1 Å². The predicted octanol–water partition coefficient (Wildman–Crippen LogP) is 3.67. The fraction of sp³-hybridized carbons (Fsp3) is 0.0870. The number of pyridine rings is 1. The Kier molecular flexibility index (Phi) is 4.56. The van der Waals surface area contributed by atoms with Gasteiger partial charge in [0.05, 0.1) is 17.6 Å². The van der Waals surface area contributed by atoms with Crippen LogP contribution in [0.25, 0.3) is 26.9 Å². The van der Waals surface area contributed by atoms with Crippen molar-refractivity contribution in [1.82, 2.24) is 19.3 Å². The van der Waals surface area contributed by atoms with E-state index in [9.17, 15) is 14.7 Å². The molecule has 7 nitrogen and oxygen atoms in total. The second kappa shape index (κ2) is 7.41. The Morgan fingerprint density at radius 1 is 1.10 bits per heavy atom. The lowest BCUT2D eigenvalue weighted by atomic mass is 10.1. The molecule has 3 heterocycles. The smallest absolute Gasteiger partial charge is 0.351 e. The Morgan fingerprint density at radius 2 is 1.90 bits per heavy atom. The van der Waals surface area contributed by atoms with Gasteiger partial charge in [0.1, 0.15) is 11.6 Å². The first kappa shape index (κ1) is 19.1. The van der Waals surface area contributed by atoms with Crippen molar-refractivity contribution in [1.29, 1.82) is 0 Å². The molecule has 0 bridgehead atoms. The van der Waals surface area contributed by atoms with Crippen LogP contribution in [0.2, 0.25) is 0 Å². The number of fused-ring (bicyclic) bond motifs is 1. The normalized spacial score (nSPS) is 11.3. The molecule has 154 valence electrons. The molecule has 0 fully saturated rings. The van der Waals surface area contributed by atoms with Crippen molar-refractivity contribution in [2.75, 3.05) is 0 Å². The highest BCUT2D eigenvalue weighted by atomic mass is 32.1. The Balaban J connectivity index is 1.50. The minimum absolute atomic E-state index is 0.101. The van der Waals surface area contributed by atoms with E-state index < -0.39 is 0 Å². The minimum Gasteiger partial charge on any atom is -0.508 e. The topological polar surface area (TPSA) is 92.9 Å². The van der Waals surface area contributed by atoms with Gasteiger partial charge in [-0.1, -0.05) is 24.3 Å². The summed E-state index contributed by atoms with van der Waals surface area (Å²) in [4.78, 5) is 27.7. The summed E-state index contributed by atoms with van der Waals surface area (Å²) < 4.78 is 3.87. The molecule has 0 atom stereocenters. The highest BCUT2D eigenvalue weighted by molar-refractivity contribution is 7.17. The fourth-order valence-electron chi connectivity index (χ4n) is 3.66. The average molecular weight is 430 g/mol. The van der Waals surface area contributed by atoms with Gasteiger partial charge >= 0.3 is 5.69 Å². The van der Waals surface area contributed by atoms with E-state index in [0.717, 1.165) is 21.4 Å². The zero-order valence-electron chi connectivity index (χ0n) is 16.6. The third kappa shape index (κ3) is 3.36. The van der Waals surface area contributed by atoms with E-state index in [2.05, 4.69) is 10.1 Å². The molecule has 0 aliphatic carbocycles. The number of aromatic amines is 1. The molecule has 0 spiro atoms. The van der Waals surface area contributed by atoms with Gasteiger partial charge in [-0.25, -0.2) is 4.79 Å². The first-order valence-electron chi connectivity index (χ1n) is 9.65. The summed E-state index contributed by atoms with van der Waals surface area (Å²) in [6, 6.07) is 16.2. The summed E-state index contributed by atoms with van der Waals surface area (Å²) in [6.07, 6.45) is 1.72. The van der Waals surface area contributed by atoms with Crippen molar-refractivity contribution in [3.05, 3.63) is 98.4 Å². The molecular weight excluding hydrogens is 412 g/mol. The number of nitrogens with zero attached hydrogens (tertiary/aromatic N) is 3. The van der Waals surface area contributed by atoms with Crippen LogP contribution in [0.3, 0.4) is 0 Å². The number of rotatable bonds is 4. The van der Waals surface area contributed by atoms with Gasteiger partial charge in [-0.3, -0.25) is 9.36 Å². The van der Waals surface area contributed by atoms with Crippen molar-refractivity contribution in [3.8, 4) is 22.6 Å². The van der Waals surface area contributed by atoms with E-state index in [-0.39, 0.29) is 17.0 Å². The van der Waals surface area contributed by atoms with E-state index in [0.29, 0.717) is 23.4 Å². The number of aromatic nitrogens is 4. The number of nitrogens with one attached hydrogen (secondary N) is 1. The van der Waals surface area contributed by atoms with Crippen LogP contribution in [0.1, 0.15) is 11.4 Å². The van der Waals surface area contributed by atoms with Gasteiger partial charge in [-0.15, -0.1) is 11.3 Å². The Hall–Kier alpha value is -3.91. The highest BCUT2D eigenvalue weighted by Crippen LogP contribution is 2.30. The SMILES string of the molecule is Cc1nn(-c2ccc(-c3c[nH]c(=O)c4ccsc34)cc2)c(=O)n1Cc1cccc(O)c1. The van der Waals surface area contributed by atoms with Crippen LogP contribution in [0, 0.1) is 6.92 Å². The van der Waals surface area contributed by atoms with Crippen LogP contribution < -0.4 is 11.2 Å². The maximum absolute atomic E-state index is 13.0. The molecule has 2 aromatic carbocycles. The van der Waals surface area contributed by atoms with E-state index in [1.165, 1.54) is 16.0 Å². The van der Waals surface area contributed by atoms with Gasteiger partial charge in [0, 0.05) is 16.5 Å². The molecule has 0 amide bonds. The Morgan fingerprint density at radius 3 is 2.68 bits per heavy atom. The lowest BCUT2D eigenvalue weighted by molar-refractivity contribution is 0.474. The molecule has 0 unspecified atom stereocenters. The molecule has 2 N–H and O–H groups in total. The zero-order chi connectivity index (χ0) is 21.5. The average Bonchev–Trinajstić information content (AvgIpc) is 3.36. The third-order valence-electron chi connectivity index (χ3n) is 5.22. The number of benzene rings is 2. The Bertz CT molecular complexity index is 1520. The lowest BCUT2D eigenvalue weighted by Gasteiger charge is -2.05. The summed E-state index contributed by atoms with van der Waals surface area (Å²) >= 11 is 1.52. The van der Waals surface area contributed by atoms with Crippen LogP contribution in [0.5, 0.6) is 5.75 Å². The van der Waals surface area contributed by atoms with Crippen LogP contribution in [-0.4, -0.2) is 24.4 Å². The van der Waals surface area contributed by atoms with Gasteiger partial charge in [0.15, 0.2) is 0 Å². The number of aromatic hydroxyl groups is 1. The molecule has 5 rings (SSSR count). The molecule has 0 radical (unpaired) electrons. The fourth-order valence-corrected chi connectivity index (χ4v) is 4.59. The van der Waals surface area contributed by atoms with Crippen molar-refractivity contribution < 1.29 is 5.11 Å². The second-order valence-corrected chi connectivity index (χ2v) is 8.16. The maximum atomic E-state index is 13.0. The molecule has 0 saturated carbocycles. The number of hydrogen-bond donors (Lipinski definition) is 2. The van der Waals surface area contributed by atoms with Crippen LogP contribution in [0.4, 0.5) is 0 Å². The number of phenols is 1. The van der Waals surface area contributed by atoms with Crippen LogP contribution in [-0.2, 0) is 6.54 Å². The van der Waals surface area contributed by atoms with Gasteiger partial charge in [-0.05, 0) is 53.8 Å². The summed E-state index contributed by atoms with van der Waals surface area (Å²) in [5, 5.41) is 16.7. The number of phenolic OH excluding ortho intramolecular Hbond substituents is 1. The molecule has 8 heteroatoms. The molecule has 3 aromatic heterocycles. The zero-order valence-corrected chi connectivity index (χ0v) is 17.4. The summed E-state index contributed by atoms with van der Waals surface area (Å²) in [5.74, 6) is 0.742. The molecule has 31 heavy (non-hydrogen) atoms. The number of thiophene rings is 1.